The molecule has 0 radical (unpaired) electrons. The SMILES string of the molecule is CCN(C)c1ccc(C(=O)Nc2c(-c3ccc(Br)cc3)c(C)nn2C)cc1. The Bertz CT molecular complexity index is 946. The first-order valence-electron chi connectivity index (χ1n) is 8.82. The molecule has 140 valence electrons. The topological polar surface area (TPSA) is 50.2 Å². The number of aromatic nitrogens is 2. The highest BCUT2D eigenvalue weighted by atomic mass is 79.9. The Morgan fingerprint density at radius 2 is 1.78 bits per heavy atom. The van der Waals surface area contributed by atoms with Gasteiger partial charge in [-0.15, -0.1) is 0 Å². The predicted molar refractivity (Wildman–Crippen MR) is 114 cm³/mol. The van der Waals surface area contributed by atoms with Gasteiger partial charge in [0, 0.05) is 41.9 Å². The quantitative estimate of drug-likeness (QED) is 0.633. The first-order valence-corrected chi connectivity index (χ1v) is 9.62. The lowest BCUT2D eigenvalue weighted by Gasteiger charge is -2.17. The molecule has 1 N–H and O–H groups in total. The highest BCUT2D eigenvalue weighted by molar-refractivity contribution is 9.10. The van der Waals surface area contributed by atoms with Crippen LogP contribution in [-0.4, -0.2) is 29.3 Å². The van der Waals surface area contributed by atoms with E-state index in [0.717, 1.165) is 33.5 Å². The number of amides is 1. The Hall–Kier alpha value is -2.60. The highest BCUT2D eigenvalue weighted by Gasteiger charge is 2.18. The van der Waals surface area contributed by atoms with Crippen LogP contribution in [0.3, 0.4) is 0 Å². The van der Waals surface area contributed by atoms with E-state index in [4.69, 9.17) is 0 Å². The number of rotatable bonds is 5. The van der Waals surface area contributed by atoms with E-state index in [-0.39, 0.29) is 5.91 Å². The summed E-state index contributed by atoms with van der Waals surface area (Å²) in [6.07, 6.45) is 0. The van der Waals surface area contributed by atoms with Crippen LogP contribution in [0.2, 0.25) is 0 Å². The molecular formula is C21H23BrN4O. The summed E-state index contributed by atoms with van der Waals surface area (Å²) < 4.78 is 2.72. The second kappa shape index (κ2) is 7.96. The van der Waals surface area contributed by atoms with E-state index in [1.54, 1.807) is 4.68 Å². The number of carbonyl (C=O) groups is 1. The molecule has 0 aliphatic heterocycles. The van der Waals surface area contributed by atoms with E-state index in [1.165, 1.54) is 0 Å². The van der Waals surface area contributed by atoms with Crippen molar-refractivity contribution in [3.05, 3.63) is 64.3 Å². The first kappa shape index (κ1) is 19.2. The van der Waals surface area contributed by atoms with E-state index >= 15 is 0 Å². The Kier molecular flexibility index (Phi) is 5.65. The third kappa shape index (κ3) is 4.06. The Morgan fingerprint density at radius 1 is 1.15 bits per heavy atom. The smallest absolute Gasteiger partial charge is 0.256 e. The van der Waals surface area contributed by atoms with Crippen LogP contribution in [0.5, 0.6) is 0 Å². The average molecular weight is 427 g/mol. The van der Waals surface area contributed by atoms with Gasteiger partial charge in [0.15, 0.2) is 0 Å². The van der Waals surface area contributed by atoms with E-state index < -0.39 is 0 Å². The molecule has 0 aliphatic rings. The van der Waals surface area contributed by atoms with Gasteiger partial charge < -0.3 is 10.2 Å². The summed E-state index contributed by atoms with van der Waals surface area (Å²) in [4.78, 5) is 14.9. The molecule has 0 fully saturated rings. The van der Waals surface area contributed by atoms with Gasteiger partial charge in [-0.2, -0.15) is 5.10 Å². The standard InChI is InChI=1S/C21H23BrN4O/c1-5-25(3)18-12-8-16(9-13-18)21(27)23-20-19(14(2)24-26(20)4)15-6-10-17(22)11-7-15/h6-13H,5H2,1-4H3,(H,23,27). The number of carbonyl (C=O) groups excluding carboxylic acids is 1. The zero-order chi connectivity index (χ0) is 19.6. The minimum Gasteiger partial charge on any atom is -0.375 e. The maximum atomic E-state index is 12.8. The normalized spacial score (nSPS) is 10.7. The zero-order valence-corrected chi connectivity index (χ0v) is 17.5. The summed E-state index contributed by atoms with van der Waals surface area (Å²) in [5, 5.41) is 7.52. The van der Waals surface area contributed by atoms with Gasteiger partial charge in [0.25, 0.3) is 5.91 Å². The number of hydrogen-bond acceptors (Lipinski definition) is 3. The van der Waals surface area contributed by atoms with Crippen molar-refractivity contribution >= 4 is 33.3 Å². The van der Waals surface area contributed by atoms with Crippen molar-refractivity contribution in [1.29, 1.82) is 0 Å². The van der Waals surface area contributed by atoms with Gasteiger partial charge in [0.1, 0.15) is 5.82 Å². The van der Waals surface area contributed by atoms with Gasteiger partial charge in [-0.05, 0) is 55.8 Å². The summed E-state index contributed by atoms with van der Waals surface area (Å²) in [6.45, 7) is 4.95. The molecule has 0 spiro atoms. The minimum atomic E-state index is -0.151. The zero-order valence-electron chi connectivity index (χ0n) is 16.0. The van der Waals surface area contributed by atoms with Gasteiger partial charge in [-0.3, -0.25) is 9.48 Å². The van der Waals surface area contributed by atoms with Crippen LogP contribution in [0, 0.1) is 6.92 Å². The minimum absolute atomic E-state index is 0.151. The molecule has 1 aromatic heterocycles. The van der Waals surface area contributed by atoms with Crippen LogP contribution >= 0.6 is 15.9 Å². The average Bonchev–Trinajstić information content (AvgIpc) is 2.95. The number of anilines is 2. The van der Waals surface area contributed by atoms with Crippen LogP contribution in [-0.2, 0) is 7.05 Å². The summed E-state index contributed by atoms with van der Waals surface area (Å²) in [6, 6.07) is 15.6. The summed E-state index contributed by atoms with van der Waals surface area (Å²) in [5.74, 6) is 0.539. The lowest BCUT2D eigenvalue weighted by Crippen LogP contribution is -2.17. The van der Waals surface area contributed by atoms with Crippen molar-refractivity contribution in [3.63, 3.8) is 0 Å². The molecule has 5 nitrogen and oxygen atoms in total. The summed E-state index contributed by atoms with van der Waals surface area (Å²) in [5.41, 5.74) is 4.51. The van der Waals surface area contributed by atoms with Crippen LogP contribution in [0.25, 0.3) is 11.1 Å². The number of aryl methyl sites for hydroxylation is 2. The van der Waals surface area contributed by atoms with E-state index in [2.05, 4.69) is 38.2 Å². The fourth-order valence-electron chi connectivity index (χ4n) is 2.99. The van der Waals surface area contributed by atoms with Gasteiger partial charge in [-0.25, -0.2) is 0 Å². The van der Waals surface area contributed by atoms with Crippen molar-refractivity contribution in [2.45, 2.75) is 13.8 Å². The largest absolute Gasteiger partial charge is 0.375 e. The molecule has 3 aromatic rings. The first-order chi connectivity index (χ1) is 12.9. The summed E-state index contributed by atoms with van der Waals surface area (Å²) in [7, 11) is 3.86. The van der Waals surface area contributed by atoms with Crippen LogP contribution in [0.1, 0.15) is 23.0 Å². The Balaban J connectivity index is 1.89. The second-order valence-corrected chi connectivity index (χ2v) is 7.37. The van der Waals surface area contributed by atoms with Crippen LogP contribution in [0.15, 0.2) is 53.0 Å². The third-order valence-electron chi connectivity index (χ3n) is 4.63. The third-order valence-corrected chi connectivity index (χ3v) is 5.16. The highest BCUT2D eigenvalue weighted by Crippen LogP contribution is 2.32. The maximum absolute atomic E-state index is 12.8. The molecule has 0 aliphatic carbocycles. The van der Waals surface area contributed by atoms with Crippen molar-refractivity contribution in [1.82, 2.24) is 9.78 Å². The molecule has 3 rings (SSSR count). The summed E-state index contributed by atoms with van der Waals surface area (Å²) >= 11 is 3.46. The monoisotopic (exact) mass is 426 g/mol. The fourth-order valence-corrected chi connectivity index (χ4v) is 3.26. The molecule has 0 bridgehead atoms. The number of benzene rings is 2. The molecule has 0 atom stereocenters. The van der Waals surface area contributed by atoms with E-state index in [1.807, 2.05) is 69.6 Å². The number of halogens is 1. The van der Waals surface area contributed by atoms with E-state index in [9.17, 15) is 4.79 Å². The van der Waals surface area contributed by atoms with Crippen molar-refractivity contribution in [2.24, 2.45) is 7.05 Å². The van der Waals surface area contributed by atoms with Gasteiger partial charge in [-0.1, -0.05) is 28.1 Å². The molecule has 0 saturated carbocycles. The molecular weight excluding hydrogens is 404 g/mol. The van der Waals surface area contributed by atoms with Crippen molar-refractivity contribution < 1.29 is 4.79 Å². The molecule has 0 unspecified atom stereocenters. The number of hydrogen-bond donors (Lipinski definition) is 1. The molecule has 0 saturated heterocycles. The second-order valence-electron chi connectivity index (χ2n) is 6.45. The van der Waals surface area contributed by atoms with Crippen molar-refractivity contribution in [3.8, 4) is 11.1 Å². The fraction of sp³-hybridized carbons (Fsp3) is 0.238. The van der Waals surface area contributed by atoms with Gasteiger partial charge in [0.2, 0.25) is 0 Å². The molecule has 1 heterocycles. The van der Waals surface area contributed by atoms with E-state index in [0.29, 0.717) is 11.4 Å². The molecule has 2 aromatic carbocycles. The lowest BCUT2D eigenvalue weighted by atomic mass is 10.1. The Labute approximate surface area is 168 Å². The van der Waals surface area contributed by atoms with Gasteiger partial charge >= 0.3 is 0 Å². The Morgan fingerprint density at radius 3 is 2.37 bits per heavy atom. The number of nitrogens with zero attached hydrogens (tertiary/aromatic N) is 3. The molecule has 1 amide bonds. The predicted octanol–water partition coefficient (Wildman–Crippen LogP) is 4.87. The molecule has 27 heavy (non-hydrogen) atoms. The lowest BCUT2D eigenvalue weighted by molar-refractivity contribution is 0.102. The van der Waals surface area contributed by atoms with Crippen LogP contribution in [0.4, 0.5) is 11.5 Å². The van der Waals surface area contributed by atoms with Crippen LogP contribution < -0.4 is 10.2 Å². The van der Waals surface area contributed by atoms with Crippen molar-refractivity contribution in [2.75, 3.05) is 23.8 Å². The molecule has 6 heteroatoms. The van der Waals surface area contributed by atoms with Gasteiger partial charge in [0.05, 0.1) is 5.69 Å². The maximum Gasteiger partial charge on any atom is 0.256 e. The number of nitrogens with one attached hydrogen (secondary N) is 1.